The Morgan fingerprint density at radius 1 is 0.349 bits per heavy atom. The van der Waals surface area contributed by atoms with E-state index in [4.69, 9.17) is 0 Å². The highest BCUT2D eigenvalue weighted by molar-refractivity contribution is 6.14. The predicted octanol–water partition coefficient (Wildman–Crippen LogP) is 16.1. The molecule has 2 heteroatoms. The zero-order chi connectivity index (χ0) is 41.2. The van der Waals surface area contributed by atoms with Gasteiger partial charge in [-0.2, -0.15) is 0 Å². The van der Waals surface area contributed by atoms with Crippen molar-refractivity contribution in [3.05, 3.63) is 253 Å². The lowest BCUT2D eigenvalue weighted by atomic mass is 9.65. The molecule has 292 valence electrons. The van der Waals surface area contributed by atoms with E-state index >= 15 is 0 Å². The smallest absolute Gasteiger partial charge is 0.0755 e. The van der Waals surface area contributed by atoms with Crippen molar-refractivity contribution in [2.75, 3.05) is 4.90 Å². The molecule has 1 spiro atoms. The van der Waals surface area contributed by atoms with Gasteiger partial charge in [-0.3, -0.25) is 0 Å². The monoisotopic (exact) mass is 798 g/mol. The van der Waals surface area contributed by atoms with Crippen LogP contribution in [-0.4, -0.2) is 4.57 Å². The third-order valence-electron chi connectivity index (χ3n) is 14.1. The van der Waals surface area contributed by atoms with Crippen molar-refractivity contribution in [3.63, 3.8) is 0 Å². The standard InChI is InChI=1S/C61H38N2/c1-2-14-39(15-3-1)41-29-30-43-37-45(33-32-42(43)36-41)62(46-34-35-48-44(38-46)31-28-40-16-4-5-17-47(40)48)58-27-13-23-54-59(58)51-19-6-8-21-52(51)61(54)53-22-9-11-26-57(53)63-56-25-10-7-18-49(56)50-20-12-24-55(61)60(50)63/h1-38H. The van der Waals surface area contributed by atoms with Gasteiger partial charge in [0.2, 0.25) is 0 Å². The maximum atomic E-state index is 2.52. The SMILES string of the molecule is c1ccc(-c2ccc3cc(N(c4ccc5c(ccc6ccccc65)c4)c4cccc5c4-c4ccccc4C54c5ccccc5-n5c6ccccc6c6cccc4c65)ccc3c2)cc1. The minimum Gasteiger partial charge on any atom is -0.310 e. The van der Waals surface area contributed by atoms with Crippen LogP contribution in [0, 0.1) is 0 Å². The number of fused-ring (bicyclic) bond motifs is 16. The fraction of sp³-hybridized carbons (Fsp3) is 0.0164. The second kappa shape index (κ2) is 12.9. The molecule has 1 unspecified atom stereocenters. The van der Waals surface area contributed by atoms with Crippen molar-refractivity contribution in [3.8, 4) is 27.9 Å². The Labute approximate surface area is 365 Å². The van der Waals surface area contributed by atoms with Gasteiger partial charge in [0.1, 0.15) is 0 Å². The number of aromatic nitrogens is 1. The fourth-order valence-electron chi connectivity index (χ4n) is 11.5. The third-order valence-corrected chi connectivity index (χ3v) is 14.1. The first-order valence-electron chi connectivity index (χ1n) is 21.9. The molecule has 14 rings (SSSR count). The summed E-state index contributed by atoms with van der Waals surface area (Å²) in [7, 11) is 0. The van der Waals surface area contributed by atoms with E-state index in [-0.39, 0.29) is 0 Å². The summed E-state index contributed by atoms with van der Waals surface area (Å²) >= 11 is 0. The number of benzene rings is 11. The Hall–Kier alpha value is -8.20. The van der Waals surface area contributed by atoms with Crippen molar-refractivity contribution >= 4 is 71.2 Å². The molecule has 1 aliphatic carbocycles. The van der Waals surface area contributed by atoms with Crippen LogP contribution in [-0.2, 0) is 5.41 Å². The topological polar surface area (TPSA) is 8.17 Å². The summed E-state index contributed by atoms with van der Waals surface area (Å²) in [5.74, 6) is 0. The molecule has 2 nitrogen and oxygen atoms in total. The summed E-state index contributed by atoms with van der Waals surface area (Å²) in [6, 6.07) is 86.0. The van der Waals surface area contributed by atoms with Crippen LogP contribution in [0.15, 0.2) is 231 Å². The van der Waals surface area contributed by atoms with E-state index in [1.165, 1.54) is 104 Å². The van der Waals surface area contributed by atoms with Gasteiger partial charge in [0.25, 0.3) is 0 Å². The summed E-state index contributed by atoms with van der Waals surface area (Å²) in [6.45, 7) is 0. The van der Waals surface area contributed by atoms with E-state index < -0.39 is 5.41 Å². The van der Waals surface area contributed by atoms with Gasteiger partial charge in [-0.05, 0) is 120 Å². The zero-order valence-corrected chi connectivity index (χ0v) is 34.3. The number of rotatable bonds is 4. The van der Waals surface area contributed by atoms with Gasteiger partial charge in [0, 0.05) is 27.7 Å². The number of hydrogen-bond acceptors (Lipinski definition) is 1. The first-order valence-corrected chi connectivity index (χ1v) is 21.9. The highest BCUT2D eigenvalue weighted by Gasteiger charge is 2.51. The molecule has 12 aromatic rings. The lowest BCUT2D eigenvalue weighted by Gasteiger charge is -2.39. The molecule has 0 amide bonds. The van der Waals surface area contributed by atoms with Gasteiger partial charge in [0.15, 0.2) is 0 Å². The van der Waals surface area contributed by atoms with Crippen molar-refractivity contribution in [1.82, 2.24) is 4.57 Å². The summed E-state index contributed by atoms with van der Waals surface area (Å²) < 4.78 is 2.52. The summed E-state index contributed by atoms with van der Waals surface area (Å²) in [5.41, 5.74) is 16.8. The molecule has 1 atom stereocenters. The van der Waals surface area contributed by atoms with Crippen molar-refractivity contribution in [1.29, 1.82) is 0 Å². The predicted molar refractivity (Wildman–Crippen MR) is 264 cm³/mol. The maximum absolute atomic E-state index is 2.52. The zero-order valence-electron chi connectivity index (χ0n) is 34.3. The average molecular weight is 799 g/mol. The average Bonchev–Trinajstić information content (AvgIpc) is 3.85. The first-order chi connectivity index (χ1) is 31.3. The Morgan fingerprint density at radius 3 is 1.89 bits per heavy atom. The van der Waals surface area contributed by atoms with Crippen LogP contribution in [0.4, 0.5) is 17.1 Å². The van der Waals surface area contributed by atoms with Crippen molar-refractivity contribution < 1.29 is 0 Å². The van der Waals surface area contributed by atoms with E-state index in [0.717, 1.165) is 17.1 Å². The molecule has 0 N–H and O–H groups in total. The molecule has 0 saturated heterocycles. The van der Waals surface area contributed by atoms with E-state index in [0.29, 0.717) is 0 Å². The summed E-state index contributed by atoms with van der Waals surface area (Å²) in [5, 5.41) is 9.99. The van der Waals surface area contributed by atoms with Crippen LogP contribution in [0.3, 0.4) is 0 Å². The van der Waals surface area contributed by atoms with Gasteiger partial charge in [-0.15, -0.1) is 0 Å². The van der Waals surface area contributed by atoms with Crippen molar-refractivity contribution in [2.45, 2.75) is 5.41 Å². The minimum atomic E-state index is -0.548. The van der Waals surface area contributed by atoms with E-state index in [2.05, 4.69) is 240 Å². The molecule has 2 aliphatic rings. The largest absolute Gasteiger partial charge is 0.310 e. The van der Waals surface area contributed by atoms with E-state index in [1.54, 1.807) is 0 Å². The maximum Gasteiger partial charge on any atom is 0.0755 e. The van der Waals surface area contributed by atoms with Gasteiger partial charge >= 0.3 is 0 Å². The molecular weight excluding hydrogens is 761 g/mol. The molecule has 11 aromatic carbocycles. The molecule has 0 bridgehead atoms. The number of anilines is 3. The molecule has 0 fully saturated rings. The lowest BCUT2D eigenvalue weighted by Crippen LogP contribution is -2.33. The van der Waals surface area contributed by atoms with Crippen LogP contribution < -0.4 is 4.90 Å². The minimum absolute atomic E-state index is 0.548. The highest BCUT2D eigenvalue weighted by Crippen LogP contribution is 2.63. The molecule has 1 aliphatic heterocycles. The van der Waals surface area contributed by atoms with Crippen LogP contribution in [0.2, 0.25) is 0 Å². The van der Waals surface area contributed by atoms with Gasteiger partial charge in [-0.25, -0.2) is 0 Å². The lowest BCUT2D eigenvalue weighted by molar-refractivity contribution is 0.748. The van der Waals surface area contributed by atoms with Crippen LogP contribution in [0.25, 0.3) is 82.1 Å². The van der Waals surface area contributed by atoms with Crippen LogP contribution in [0.5, 0.6) is 0 Å². The molecule has 1 aromatic heterocycles. The van der Waals surface area contributed by atoms with Crippen molar-refractivity contribution in [2.24, 2.45) is 0 Å². The molecule has 63 heavy (non-hydrogen) atoms. The Balaban J connectivity index is 1.06. The van der Waals surface area contributed by atoms with E-state index in [1.807, 2.05) is 0 Å². The van der Waals surface area contributed by atoms with Gasteiger partial charge in [-0.1, -0.05) is 182 Å². The number of para-hydroxylation sites is 3. The Kier molecular flexibility index (Phi) is 7.07. The van der Waals surface area contributed by atoms with Gasteiger partial charge in [0.05, 0.1) is 27.8 Å². The molecular formula is C61H38N2. The normalized spacial score (nSPS) is 14.7. The van der Waals surface area contributed by atoms with Crippen LogP contribution >= 0.6 is 0 Å². The second-order valence-electron chi connectivity index (χ2n) is 17.2. The Morgan fingerprint density at radius 2 is 0.968 bits per heavy atom. The van der Waals surface area contributed by atoms with E-state index in [9.17, 15) is 0 Å². The number of nitrogens with zero attached hydrogens (tertiary/aromatic N) is 2. The Bertz CT molecular complexity index is 3870. The van der Waals surface area contributed by atoms with Crippen LogP contribution in [0.1, 0.15) is 22.3 Å². The molecule has 2 heterocycles. The first kappa shape index (κ1) is 34.5. The third kappa shape index (κ3) is 4.67. The highest BCUT2D eigenvalue weighted by atomic mass is 15.1. The van der Waals surface area contributed by atoms with Gasteiger partial charge < -0.3 is 9.47 Å². The summed E-state index contributed by atoms with van der Waals surface area (Å²) in [4.78, 5) is 2.51. The number of hydrogen-bond donors (Lipinski definition) is 0. The summed E-state index contributed by atoms with van der Waals surface area (Å²) in [6.07, 6.45) is 0. The quantitative estimate of drug-likeness (QED) is 0.161. The fourth-order valence-corrected chi connectivity index (χ4v) is 11.5. The second-order valence-corrected chi connectivity index (χ2v) is 17.2. The molecule has 0 radical (unpaired) electrons. The molecule has 0 saturated carbocycles.